The molecular weight excluding hydrogens is 322 g/mol. The first-order valence-electron chi connectivity index (χ1n) is 6.10. The Kier molecular flexibility index (Phi) is 3.22. The van der Waals surface area contributed by atoms with Crippen LogP contribution in [0.5, 0.6) is 0 Å². The van der Waals surface area contributed by atoms with E-state index in [1.54, 1.807) is 0 Å². The summed E-state index contributed by atoms with van der Waals surface area (Å²) in [4.78, 5) is 0.838. The van der Waals surface area contributed by atoms with E-state index >= 15 is 0 Å². The Balaban J connectivity index is 2.09. The van der Waals surface area contributed by atoms with Crippen LogP contribution in [0.15, 0.2) is 40.2 Å². The third-order valence-corrected chi connectivity index (χ3v) is 5.49. The van der Waals surface area contributed by atoms with Crippen LogP contribution in [0.3, 0.4) is 0 Å². The number of rotatable bonds is 2. The molecule has 3 rings (SSSR count). The molecule has 0 fully saturated rings. The predicted octanol–water partition coefficient (Wildman–Crippen LogP) is 3.95. The number of aliphatic hydroxyl groups is 1. The maximum Gasteiger partial charge on any atom is 0.114 e. The highest BCUT2D eigenvalue weighted by Crippen LogP contribution is 2.48. The first-order chi connectivity index (χ1) is 9.17. The number of fused-ring (bicyclic) bond motifs is 1. The Bertz CT molecular complexity index is 660. The molecule has 1 N–H and O–H groups in total. The van der Waals surface area contributed by atoms with Crippen molar-refractivity contribution >= 4 is 27.3 Å². The molecule has 0 radical (unpaired) electrons. The molecule has 0 saturated carbocycles. The van der Waals surface area contributed by atoms with Crippen molar-refractivity contribution in [2.75, 3.05) is 0 Å². The summed E-state index contributed by atoms with van der Waals surface area (Å²) in [6, 6.07) is 14.1. The molecule has 1 aromatic heterocycles. The molecule has 0 spiro atoms. The van der Waals surface area contributed by atoms with Gasteiger partial charge in [0.05, 0.1) is 9.86 Å². The normalized spacial score (nSPS) is 22.8. The summed E-state index contributed by atoms with van der Waals surface area (Å²) in [5.41, 5.74) is 1.36. The van der Waals surface area contributed by atoms with Gasteiger partial charge in [0.2, 0.25) is 0 Å². The average molecular weight is 334 g/mol. The molecule has 2 nitrogen and oxygen atoms in total. The van der Waals surface area contributed by atoms with Crippen LogP contribution in [0, 0.1) is 11.3 Å². The summed E-state index contributed by atoms with van der Waals surface area (Å²) in [5.74, 6) is 0. The van der Waals surface area contributed by atoms with Gasteiger partial charge in [-0.1, -0.05) is 24.3 Å². The molecule has 4 heteroatoms. The molecule has 19 heavy (non-hydrogen) atoms. The van der Waals surface area contributed by atoms with Crippen molar-refractivity contribution in [3.63, 3.8) is 0 Å². The van der Waals surface area contributed by atoms with Crippen molar-refractivity contribution in [3.05, 3.63) is 56.2 Å². The van der Waals surface area contributed by atoms with Gasteiger partial charge < -0.3 is 5.11 Å². The summed E-state index contributed by atoms with van der Waals surface area (Å²) < 4.78 is 0.973. The largest absolute Gasteiger partial charge is 0.386 e. The SMILES string of the molecule is N#CC1(C(O)c2ccc(Br)s2)CCc2ccccc21. The van der Waals surface area contributed by atoms with Gasteiger partial charge in [-0.05, 0) is 52.0 Å². The fourth-order valence-corrected chi connectivity index (χ4v) is 4.32. The molecule has 0 amide bonds. The molecule has 96 valence electrons. The zero-order valence-electron chi connectivity index (χ0n) is 10.1. The van der Waals surface area contributed by atoms with Crippen LogP contribution >= 0.6 is 27.3 Å². The zero-order valence-corrected chi connectivity index (χ0v) is 12.5. The lowest BCUT2D eigenvalue weighted by atomic mass is 9.77. The fourth-order valence-electron chi connectivity index (χ4n) is 2.82. The molecule has 2 atom stereocenters. The quantitative estimate of drug-likeness (QED) is 0.904. The van der Waals surface area contributed by atoms with Crippen LogP contribution in [-0.2, 0) is 11.8 Å². The van der Waals surface area contributed by atoms with Gasteiger partial charge in [-0.25, -0.2) is 0 Å². The topological polar surface area (TPSA) is 44.0 Å². The van der Waals surface area contributed by atoms with E-state index in [1.807, 2.05) is 36.4 Å². The molecular formula is C15H12BrNOS. The maximum atomic E-state index is 10.7. The van der Waals surface area contributed by atoms with Crippen molar-refractivity contribution < 1.29 is 5.11 Å². The lowest BCUT2D eigenvalue weighted by molar-refractivity contribution is 0.114. The second-order valence-electron chi connectivity index (χ2n) is 4.78. The highest BCUT2D eigenvalue weighted by Gasteiger charge is 2.46. The minimum atomic E-state index is -0.805. The van der Waals surface area contributed by atoms with Gasteiger partial charge in [-0.15, -0.1) is 11.3 Å². The third kappa shape index (κ3) is 1.93. The van der Waals surface area contributed by atoms with E-state index < -0.39 is 11.5 Å². The predicted molar refractivity (Wildman–Crippen MR) is 79.0 cm³/mol. The van der Waals surface area contributed by atoms with Gasteiger partial charge in [0.15, 0.2) is 0 Å². The second kappa shape index (κ2) is 4.75. The van der Waals surface area contributed by atoms with Gasteiger partial charge >= 0.3 is 0 Å². The minimum absolute atomic E-state index is 0.680. The lowest BCUT2D eigenvalue weighted by Crippen LogP contribution is -2.29. The van der Waals surface area contributed by atoms with Gasteiger partial charge in [0, 0.05) is 4.88 Å². The van der Waals surface area contributed by atoms with Crippen molar-refractivity contribution in [1.29, 1.82) is 5.26 Å². The van der Waals surface area contributed by atoms with Crippen LogP contribution in [0.2, 0.25) is 0 Å². The number of nitrogens with zero attached hydrogens (tertiary/aromatic N) is 1. The van der Waals surface area contributed by atoms with Crippen molar-refractivity contribution in [2.45, 2.75) is 24.4 Å². The Labute approximate surface area is 124 Å². The van der Waals surface area contributed by atoms with Gasteiger partial charge in [0.25, 0.3) is 0 Å². The highest BCUT2D eigenvalue weighted by molar-refractivity contribution is 9.11. The molecule has 0 aliphatic heterocycles. The molecule has 1 aliphatic rings. The minimum Gasteiger partial charge on any atom is -0.386 e. The second-order valence-corrected chi connectivity index (χ2v) is 7.28. The summed E-state index contributed by atoms with van der Waals surface area (Å²) in [5, 5.41) is 20.4. The number of benzene rings is 1. The van der Waals surface area contributed by atoms with Crippen molar-refractivity contribution in [2.24, 2.45) is 0 Å². The van der Waals surface area contributed by atoms with Gasteiger partial charge in [-0.3, -0.25) is 0 Å². The standard InChI is InChI=1S/C15H12BrNOS/c16-13-6-5-12(19-13)14(18)15(9-17)8-7-10-3-1-2-4-11(10)15/h1-6,14,18H,7-8H2. The Hall–Kier alpha value is -1.15. The van der Waals surface area contributed by atoms with Gasteiger partial charge in [0.1, 0.15) is 11.5 Å². The summed E-state index contributed by atoms with van der Waals surface area (Å²) in [7, 11) is 0. The van der Waals surface area contributed by atoms with E-state index in [0.717, 1.165) is 20.6 Å². The van der Waals surface area contributed by atoms with Crippen LogP contribution in [-0.4, -0.2) is 5.11 Å². The summed E-state index contributed by atoms with van der Waals surface area (Å²) in [6.45, 7) is 0. The van der Waals surface area contributed by atoms with Gasteiger partial charge in [-0.2, -0.15) is 5.26 Å². The van der Waals surface area contributed by atoms with E-state index in [1.165, 1.54) is 16.9 Å². The van der Waals surface area contributed by atoms with Crippen LogP contribution in [0.4, 0.5) is 0 Å². The molecule has 0 saturated heterocycles. The maximum absolute atomic E-state index is 10.7. The Morgan fingerprint density at radius 2 is 2.11 bits per heavy atom. The number of halogens is 1. The van der Waals surface area contributed by atoms with Crippen molar-refractivity contribution in [1.82, 2.24) is 0 Å². The van der Waals surface area contributed by atoms with Crippen LogP contribution in [0.25, 0.3) is 0 Å². The van der Waals surface area contributed by atoms with E-state index in [4.69, 9.17) is 0 Å². The molecule has 2 aromatic rings. The molecule has 2 unspecified atom stereocenters. The molecule has 1 aliphatic carbocycles. The highest BCUT2D eigenvalue weighted by atomic mass is 79.9. The summed E-state index contributed by atoms with van der Waals surface area (Å²) in [6.07, 6.45) is 0.768. The summed E-state index contributed by atoms with van der Waals surface area (Å²) >= 11 is 4.89. The Morgan fingerprint density at radius 3 is 2.79 bits per heavy atom. The van der Waals surface area contributed by atoms with Crippen molar-refractivity contribution in [3.8, 4) is 6.07 Å². The van der Waals surface area contributed by atoms with Crippen LogP contribution < -0.4 is 0 Å². The number of hydrogen-bond acceptors (Lipinski definition) is 3. The zero-order chi connectivity index (χ0) is 13.5. The number of aryl methyl sites for hydroxylation is 1. The van der Waals surface area contributed by atoms with E-state index in [2.05, 4.69) is 22.0 Å². The number of nitriles is 1. The fraction of sp³-hybridized carbons (Fsp3) is 0.267. The molecule has 1 aromatic carbocycles. The number of aliphatic hydroxyl groups excluding tert-OH is 1. The smallest absolute Gasteiger partial charge is 0.114 e. The third-order valence-electron chi connectivity index (χ3n) is 3.82. The monoisotopic (exact) mass is 333 g/mol. The first-order valence-corrected chi connectivity index (χ1v) is 7.71. The molecule has 0 bridgehead atoms. The molecule has 1 heterocycles. The number of hydrogen-bond donors (Lipinski definition) is 1. The first kappa shape index (κ1) is 12.9. The lowest BCUT2D eigenvalue weighted by Gasteiger charge is -2.27. The van der Waals surface area contributed by atoms with E-state index in [9.17, 15) is 10.4 Å². The average Bonchev–Trinajstić information content (AvgIpc) is 3.02. The Morgan fingerprint density at radius 1 is 1.32 bits per heavy atom. The van der Waals surface area contributed by atoms with Crippen LogP contribution in [0.1, 0.15) is 28.5 Å². The number of thiophene rings is 1. The van der Waals surface area contributed by atoms with E-state index in [0.29, 0.717) is 6.42 Å². The van der Waals surface area contributed by atoms with E-state index in [-0.39, 0.29) is 0 Å².